The Morgan fingerprint density at radius 3 is 2.75 bits per heavy atom. The number of hydrogen-bond acceptors (Lipinski definition) is 3. The maximum Gasteiger partial charge on any atom is 0.100 e. The van der Waals surface area contributed by atoms with Gasteiger partial charge in [0, 0.05) is 0 Å². The van der Waals surface area contributed by atoms with Gasteiger partial charge in [-0.25, -0.2) is 0 Å². The standard InChI is InChI=1S/C17H21NO2/c1-12-7-8-13-5-3-4-6-14(13)16(12)17(18-2)15-11-19-9-10-20-15/h3-8,15,17-18H,9-11H2,1-2H3. The van der Waals surface area contributed by atoms with Gasteiger partial charge in [-0.2, -0.15) is 0 Å². The minimum atomic E-state index is 0.0678. The lowest BCUT2D eigenvalue weighted by Gasteiger charge is -2.32. The molecule has 0 radical (unpaired) electrons. The van der Waals surface area contributed by atoms with E-state index in [1.54, 1.807) is 0 Å². The highest BCUT2D eigenvalue weighted by Crippen LogP contribution is 2.31. The van der Waals surface area contributed by atoms with E-state index in [0.29, 0.717) is 19.8 Å². The maximum atomic E-state index is 5.90. The van der Waals surface area contributed by atoms with E-state index in [9.17, 15) is 0 Å². The third-order valence-corrected chi connectivity index (χ3v) is 4.02. The molecule has 20 heavy (non-hydrogen) atoms. The van der Waals surface area contributed by atoms with Crippen molar-refractivity contribution in [3.8, 4) is 0 Å². The number of fused-ring (bicyclic) bond motifs is 1. The van der Waals surface area contributed by atoms with Crippen LogP contribution in [0, 0.1) is 6.92 Å². The van der Waals surface area contributed by atoms with Crippen LogP contribution in [0.5, 0.6) is 0 Å². The van der Waals surface area contributed by atoms with Gasteiger partial charge in [-0.05, 0) is 35.9 Å². The summed E-state index contributed by atoms with van der Waals surface area (Å²) in [7, 11) is 1.99. The molecule has 1 aliphatic heterocycles. The zero-order valence-electron chi connectivity index (χ0n) is 12.1. The first kappa shape index (κ1) is 13.6. The lowest BCUT2D eigenvalue weighted by atomic mass is 9.91. The van der Waals surface area contributed by atoms with Crippen LogP contribution in [0.15, 0.2) is 36.4 Å². The highest BCUT2D eigenvalue weighted by atomic mass is 16.6. The second-order valence-corrected chi connectivity index (χ2v) is 5.27. The summed E-state index contributed by atoms with van der Waals surface area (Å²) in [6.07, 6.45) is 0.0678. The quantitative estimate of drug-likeness (QED) is 0.931. The van der Waals surface area contributed by atoms with Crippen molar-refractivity contribution >= 4 is 10.8 Å². The average Bonchev–Trinajstić information content (AvgIpc) is 2.51. The Morgan fingerprint density at radius 1 is 1.15 bits per heavy atom. The number of ether oxygens (including phenoxy) is 2. The summed E-state index contributed by atoms with van der Waals surface area (Å²) in [5, 5.41) is 5.98. The number of benzene rings is 2. The summed E-state index contributed by atoms with van der Waals surface area (Å²) in [5.74, 6) is 0. The summed E-state index contributed by atoms with van der Waals surface area (Å²) in [4.78, 5) is 0. The second kappa shape index (κ2) is 5.92. The zero-order chi connectivity index (χ0) is 13.9. The number of likely N-dealkylation sites (N-methyl/N-ethyl adjacent to an activating group) is 1. The van der Waals surface area contributed by atoms with E-state index >= 15 is 0 Å². The van der Waals surface area contributed by atoms with Crippen LogP contribution in [-0.4, -0.2) is 33.0 Å². The molecular formula is C17H21NO2. The van der Waals surface area contributed by atoms with Gasteiger partial charge in [-0.15, -0.1) is 0 Å². The number of rotatable bonds is 3. The molecule has 1 saturated heterocycles. The molecule has 1 fully saturated rings. The van der Waals surface area contributed by atoms with Gasteiger partial charge in [0.1, 0.15) is 6.10 Å². The molecule has 2 unspecified atom stereocenters. The lowest BCUT2D eigenvalue weighted by Crippen LogP contribution is -2.39. The van der Waals surface area contributed by atoms with Crippen LogP contribution in [0.3, 0.4) is 0 Å². The van der Waals surface area contributed by atoms with Crippen LogP contribution in [0.4, 0.5) is 0 Å². The van der Waals surface area contributed by atoms with Crippen molar-refractivity contribution in [1.82, 2.24) is 5.32 Å². The normalized spacial score (nSPS) is 21.0. The number of hydrogen-bond donors (Lipinski definition) is 1. The Hall–Kier alpha value is -1.42. The fourth-order valence-electron chi connectivity index (χ4n) is 3.03. The fourth-order valence-corrected chi connectivity index (χ4v) is 3.03. The Morgan fingerprint density at radius 2 is 2.00 bits per heavy atom. The van der Waals surface area contributed by atoms with Crippen LogP contribution in [-0.2, 0) is 9.47 Å². The molecule has 106 valence electrons. The van der Waals surface area contributed by atoms with Crippen molar-refractivity contribution in [2.45, 2.75) is 19.1 Å². The Kier molecular flexibility index (Phi) is 4.01. The van der Waals surface area contributed by atoms with Crippen LogP contribution in [0.25, 0.3) is 10.8 Å². The first-order valence-electron chi connectivity index (χ1n) is 7.16. The van der Waals surface area contributed by atoms with Gasteiger partial charge in [-0.1, -0.05) is 36.4 Å². The highest BCUT2D eigenvalue weighted by Gasteiger charge is 2.27. The van der Waals surface area contributed by atoms with E-state index in [-0.39, 0.29) is 12.1 Å². The average molecular weight is 271 g/mol. The smallest absolute Gasteiger partial charge is 0.100 e. The fraction of sp³-hybridized carbons (Fsp3) is 0.412. The van der Waals surface area contributed by atoms with E-state index in [2.05, 4.69) is 48.6 Å². The summed E-state index contributed by atoms with van der Waals surface area (Å²) in [6.45, 7) is 4.18. The molecule has 2 aromatic carbocycles. The van der Waals surface area contributed by atoms with E-state index in [1.165, 1.54) is 21.9 Å². The third-order valence-electron chi connectivity index (χ3n) is 4.02. The van der Waals surface area contributed by atoms with Gasteiger partial charge in [0.05, 0.1) is 25.9 Å². The van der Waals surface area contributed by atoms with Crippen molar-refractivity contribution in [2.75, 3.05) is 26.9 Å². The lowest BCUT2D eigenvalue weighted by molar-refractivity contribution is -0.101. The van der Waals surface area contributed by atoms with Gasteiger partial charge in [-0.3, -0.25) is 0 Å². The van der Waals surface area contributed by atoms with Gasteiger partial charge in [0.25, 0.3) is 0 Å². The number of aryl methyl sites for hydroxylation is 1. The maximum absolute atomic E-state index is 5.90. The molecule has 0 saturated carbocycles. The summed E-state index contributed by atoms with van der Waals surface area (Å²) >= 11 is 0. The monoisotopic (exact) mass is 271 g/mol. The van der Waals surface area contributed by atoms with Crippen LogP contribution in [0.1, 0.15) is 17.2 Å². The van der Waals surface area contributed by atoms with Crippen molar-refractivity contribution in [1.29, 1.82) is 0 Å². The molecule has 1 aliphatic rings. The molecule has 0 spiro atoms. The Labute approximate surface area is 119 Å². The first-order valence-corrected chi connectivity index (χ1v) is 7.16. The molecular weight excluding hydrogens is 250 g/mol. The minimum absolute atomic E-state index is 0.0678. The van der Waals surface area contributed by atoms with Crippen molar-refractivity contribution in [3.63, 3.8) is 0 Å². The molecule has 1 heterocycles. The molecule has 0 aromatic heterocycles. The molecule has 1 N–H and O–H groups in total. The molecule has 0 aliphatic carbocycles. The molecule has 0 amide bonds. The van der Waals surface area contributed by atoms with Gasteiger partial charge in [0.2, 0.25) is 0 Å². The second-order valence-electron chi connectivity index (χ2n) is 5.27. The van der Waals surface area contributed by atoms with Crippen molar-refractivity contribution in [3.05, 3.63) is 47.5 Å². The largest absolute Gasteiger partial charge is 0.376 e. The summed E-state index contributed by atoms with van der Waals surface area (Å²) < 4.78 is 11.5. The summed E-state index contributed by atoms with van der Waals surface area (Å²) in [5.41, 5.74) is 2.61. The Balaban J connectivity index is 2.08. The third kappa shape index (κ3) is 2.44. The van der Waals surface area contributed by atoms with E-state index < -0.39 is 0 Å². The van der Waals surface area contributed by atoms with E-state index in [0.717, 1.165) is 0 Å². The Bertz CT molecular complexity index is 591. The molecule has 0 bridgehead atoms. The summed E-state index contributed by atoms with van der Waals surface area (Å²) in [6, 6.07) is 13.0. The van der Waals surface area contributed by atoms with Crippen molar-refractivity contribution in [2.24, 2.45) is 0 Å². The predicted molar refractivity (Wildman–Crippen MR) is 81.0 cm³/mol. The first-order chi connectivity index (χ1) is 9.81. The van der Waals surface area contributed by atoms with Crippen LogP contribution < -0.4 is 5.32 Å². The van der Waals surface area contributed by atoms with E-state index in [1.807, 2.05) is 7.05 Å². The van der Waals surface area contributed by atoms with Crippen molar-refractivity contribution < 1.29 is 9.47 Å². The molecule has 3 rings (SSSR count). The van der Waals surface area contributed by atoms with Crippen LogP contribution in [0.2, 0.25) is 0 Å². The molecule has 2 aromatic rings. The van der Waals surface area contributed by atoms with Gasteiger partial charge >= 0.3 is 0 Å². The molecule has 3 nitrogen and oxygen atoms in total. The topological polar surface area (TPSA) is 30.5 Å². The SMILES string of the molecule is CNC(c1c(C)ccc2ccccc12)C1COCCO1. The highest BCUT2D eigenvalue weighted by molar-refractivity contribution is 5.87. The zero-order valence-corrected chi connectivity index (χ0v) is 12.1. The molecule has 2 atom stereocenters. The van der Waals surface area contributed by atoms with E-state index in [4.69, 9.17) is 9.47 Å². The molecule has 3 heteroatoms. The van der Waals surface area contributed by atoms with Crippen LogP contribution >= 0.6 is 0 Å². The predicted octanol–water partition coefficient (Wildman–Crippen LogP) is 2.82. The minimum Gasteiger partial charge on any atom is -0.376 e. The van der Waals surface area contributed by atoms with Gasteiger partial charge in [0.15, 0.2) is 0 Å². The number of nitrogens with one attached hydrogen (secondary N) is 1. The van der Waals surface area contributed by atoms with Gasteiger partial charge < -0.3 is 14.8 Å².